The molecule has 6 nitrogen and oxygen atoms in total. The molecule has 0 bridgehead atoms. The predicted octanol–water partition coefficient (Wildman–Crippen LogP) is 4.60. The number of hydrogen-bond acceptors (Lipinski definition) is 3. The molecule has 0 aliphatic heterocycles. The van der Waals surface area contributed by atoms with E-state index in [0.29, 0.717) is 31.6 Å². The molecular weight excluding hydrogens is 447 g/mol. The molecule has 0 saturated heterocycles. The maximum absolute atomic E-state index is 14.2. The minimum absolute atomic E-state index is 0.0282. The number of halogens is 1. The van der Waals surface area contributed by atoms with E-state index in [4.69, 9.17) is 4.74 Å². The molecule has 0 radical (unpaired) electrons. The largest absolute Gasteiger partial charge is 0.496 e. The number of carbonyl (C=O) groups excluding carboxylic acids is 1. The lowest BCUT2D eigenvalue weighted by atomic mass is 9.89. The minimum atomic E-state index is -0.918. The van der Waals surface area contributed by atoms with Crippen LogP contribution in [-0.2, 0) is 35.4 Å². The highest BCUT2D eigenvalue weighted by Gasteiger charge is 2.35. The van der Waals surface area contributed by atoms with Crippen molar-refractivity contribution in [3.8, 4) is 5.75 Å². The number of carboxylic acid groups (broad SMARTS) is 1. The number of ether oxygens (including phenoxy) is 1. The van der Waals surface area contributed by atoms with Crippen LogP contribution in [0.15, 0.2) is 42.5 Å². The van der Waals surface area contributed by atoms with Crippen LogP contribution < -0.4 is 4.74 Å². The number of amides is 1. The summed E-state index contributed by atoms with van der Waals surface area (Å²) in [5, 5.41) is 10.2. The van der Waals surface area contributed by atoms with Crippen molar-refractivity contribution in [1.82, 2.24) is 9.47 Å². The Morgan fingerprint density at radius 2 is 1.97 bits per heavy atom. The summed E-state index contributed by atoms with van der Waals surface area (Å²) in [5.41, 5.74) is 3.70. The fourth-order valence-electron chi connectivity index (χ4n) is 5.51. The van der Waals surface area contributed by atoms with Gasteiger partial charge in [-0.1, -0.05) is 18.2 Å². The number of hydrogen-bond donors (Lipinski definition) is 1. The summed E-state index contributed by atoms with van der Waals surface area (Å²) in [7, 11) is 1.64. The quantitative estimate of drug-likeness (QED) is 0.488. The van der Waals surface area contributed by atoms with Gasteiger partial charge in [-0.25, -0.2) is 4.39 Å². The first-order valence-electron chi connectivity index (χ1n) is 12.4. The summed E-state index contributed by atoms with van der Waals surface area (Å²) >= 11 is 0. The molecule has 2 aliphatic rings. The monoisotopic (exact) mass is 478 g/mol. The van der Waals surface area contributed by atoms with Crippen molar-refractivity contribution < 1.29 is 23.8 Å². The second kappa shape index (κ2) is 9.72. The van der Waals surface area contributed by atoms with Crippen molar-refractivity contribution in [3.05, 3.63) is 65.1 Å². The Balaban J connectivity index is 1.40. The predicted molar refractivity (Wildman–Crippen MR) is 131 cm³/mol. The fraction of sp³-hybridized carbons (Fsp3) is 0.429. The molecule has 1 aromatic heterocycles. The Bertz CT molecular complexity index is 1260. The smallest absolute Gasteiger partial charge is 0.323 e. The molecule has 1 fully saturated rings. The van der Waals surface area contributed by atoms with Crippen molar-refractivity contribution in [2.45, 2.75) is 57.5 Å². The van der Waals surface area contributed by atoms with Gasteiger partial charge in [0.05, 0.1) is 7.11 Å². The van der Waals surface area contributed by atoms with E-state index >= 15 is 0 Å². The molecule has 1 heterocycles. The van der Waals surface area contributed by atoms with Gasteiger partial charge >= 0.3 is 5.97 Å². The molecule has 1 saturated carbocycles. The van der Waals surface area contributed by atoms with Crippen LogP contribution in [0.2, 0.25) is 0 Å². The van der Waals surface area contributed by atoms with Gasteiger partial charge in [-0.05, 0) is 79.8 Å². The highest BCUT2D eigenvalue weighted by molar-refractivity contribution is 5.87. The Kier molecular flexibility index (Phi) is 6.50. The number of aromatic nitrogens is 1. The van der Waals surface area contributed by atoms with Gasteiger partial charge in [0.15, 0.2) is 0 Å². The third kappa shape index (κ3) is 4.90. The number of methoxy groups -OCH3 is 1. The maximum Gasteiger partial charge on any atom is 0.323 e. The average Bonchev–Trinajstić information content (AvgIpc) is 3.64. The van der Waals surface area contributed by atoms with Crippen LogP contribution in [-0.4, -0.2) is 46.1 Å². The molecule has 1 atom stereocenters. The lowest BCUT2D eigenvalue weighted by Gasteiger charge is -2.35. The van der Waals surface area contributed by atoms with Crippen LogP contribution in [0.4, 0.5) is 4.39 Å². The van der Waals surface area contributed by atoms with Crippen LogP contribution in [0.5, 0.6) is 5.75 Å². The molecule has 0 unspecified atom stereocenters. The molecule has 1 N–H and O–H groups in total. The molecule has 3 aromatic rings. The van der Waals surface area contributed by atoms with E-state index in [-0.39, 0.29) is 24.3 Å². The molecule has 184 valence electrons. The number of carboxylic acids is 1. The van der Waals surface area contributed by atoms with Crippen molar-refractivity contribution in [2.24, 2.45) is 5.92 Å². The highest BCUT2D eigenvalue weighted by Crippen LogP contribution is 2.37. The molecule has 7 heteroatoms. The van der Waals surface area contributed by atoms with Gasteiger partial charge in [0, 0.05) is 35.6 Å². The van der Waals surface area contributed by atoms with E-state index < -0.39 is 5.97 Å². The van der Waals surface area contributed by atoms with E-state index in [0.717, 1.165) is 59.3 Å². The summed E-state index contributed by atoms with van der Waals surface area (Å²) < 4.78 is 21.4. The topological polar surface area (TPSA) is 71.8 Å². The van der Waals surface area contributed by atoms with Gasteiger partial charge in [-0.15, -0.1) is 0 Å². The van der Waals surface area contributed by atoms with Gasteiger partial charge in [-0.3, -0.25) is 9.59 Å². The zero-order valence-electron chi connectivity index (χ0n) is 20.0. The van der Waals surface area contributed by atoms with E-state index in [1.807, 2.05) is 24.3 Å². The standard InChI is InChI=1S/C28H31FN2O4/c1-35-26-5-3-2-4-19(26)8-13-27(32)30(16-18-6-7-18)21-10-12-25-23(15-21)22-14-20(29)9-11-24(22)31(25)17-28(33)34/h2-5,9,11,14,18,21H,6-8,10,12-13,15-17H2,1H3,(H,33,34)/t21-/m0/s1. The van der Waals surface area contributed by atoms with Crippen LogP contribution >= 0.6 is 0 Å². The Labute approximate surface area is 204 Å². The molecular formula is C28H31FN2O4. The van der Waals surface area contributed by atoms with E-state index in [1.165, 1.54) is 12.1 Å². The van der Waals surface area contributed by atoms with Gasteiger partial charge in [-0.2, -0.15) is 0 Å². The Morgan fingerprint density at radius 1 is 1.17 bits per heavy atom. The van der Waals surface area contributed by atoms with Crippen LogP contribution in [0.1, 0.15) is 42.5 Å². The van der Waals surface area contributed by atoms with E-state index in [2.05, 4.69) is 4.90 Å². The zero-order valence-corrected chi connectivity index (χ0v) is 20.0. The number of carbonyl (C=O) groups is 2. The summed E-state index contributed by atoms with van der Waals surface area (Å²) in [6.45, 7) is 0.610. The van der Waals surface area contributed by atoms with Crippen LogP contribution in [0.3, 0.4) is 0 Å². The van der Waals surface area contributed by atoms with Crippen LogP contribution in [0.25, 0.3) is 10.9 Å². The number of aliphatic carboxylic acids is 1. The van der Waals surface area contributed by atoms with E-state index in [9.17, 15) is 19.1 Å². The number of nitrogens with zero attached hydrogens (tertiary/aromatic N) is 2. The summed E-state index contributed by atoms with van der Waals surface area (Å²) in [6, 6.07) is 12.4. The number of aryl methyl sites for hydroxylation is 1. The minimum Gasteiger partial charge on any atom is -0.496 e. The van der Waals surface area contributed by atoms with Gasteiger partial charge in [0.1, 0.15) is 18.1 Å². The molecule has 2 aliphatic carbocycles. The number of para-hydroxylation sites is 1. The first-order chi connectivity index (χ1) is 16.9. The molecule has 5 rings (SSSR count). The number of fused-ring (bicyclic) bond motifs is 3. The second-order valence-corrected chi connectivity index (χ2v) is 9.76. The normalized spacial score (nSPS) is 17.3. The van der Waals surface area contributed by atoms with Gasteiger partial charge < -0.3 is 19.3 Å². The summed E-state index contributed by atoms with van der Waals surface area (Å²) in [6.07, 6.45) is 5.39. The third-order valence-corrected chi connectivity index (χ3v) is 7.41. The van der Waals surface area contributed by atoms with Crippen LogP contribution in [0, 0.1) is 11.7 Å². The van der Waals surface area contributed by atoms with Gasteiger partial charge in [0.2, 0.25) is 5.91 Å². The average molecular weight is 479 g/mol. The molecule has 35 heavy (non-hydrogen) atoms. The van der Waals surface area contributed by atoms with Crippen molar-refractivity contribution in [1.29, 1.82) is 0 Å². The fourth-order valence-corrected chi connectivity index (χ4v) is 5.51. The van der Waals surface area contributed by atoms with Crippen molar-refractivity contribution >= 4 is 22.8 Å². The molecule has 2 aromatic carbocycles. The summed E-state index contributed by atoms with van der Waals surface area (Å²) in [4.78, 5) is 27.1. The van der Waals surface area contributed by atoms with Crippen molar-refractivity contribution in [2.75, 3.05) is 13.7 Å². The first-order valence-corrected chi connectivity index (χ1v) is 12.4. The maximum atomic E-state index is 14.2. The van der Waals surface area contributed by atoms with Crippen molar-refractivity contribution in [3.63, 3.8) is 0 Å². The Hall–Kier alpha value is -3.35. The SMILES string of the molecule is COc1ccccc1CCC(=O)N(CC1CC1)[C@H]1CCc2c(c3cc(F)ccc3n2CC(=O)O)C1. The number of benzene rings is 2. The lowest BCUT2D eigenvalue weighted by Crippen LogP contribution is -2.44. The van der Waals surface area contributed by atoms with Gasteiger partial charge in [0.25, 0.3) is 0 Å². The zero-order chi connectivity index (χ0) is 24.5. The molecule has 0 spiro atoms. The Morgan fingerprint density at radius 3 is 2.71 bits per heavy atom. The van der Waals surface area contributed by atoms with E-state index in [1.54, 1.807) is 17.7 Å². The second-order valence-electron chi connectivity index (χ2n) is 9.76. The molecule has 1 amide bonds. The lowest BCUT2D eigenvalue weighted by molar-refractivity contribution is -0.137. The first kappa shape index (κ1) is 23.4. The number of rotatable bonds is 9. The summed E-state index contributed by atoms with van der Waals surface area (Å²) in [5.74, 6) is 0.231. The third-order valence-electron chi connectivity index (χ3n) is 7.41. The highest BCUT2D eigenvalue weighted by atomic mass is 19.1.